The predicted molar refractivity (Wildman–Crippen MR) is 78.5 cm³/mol. The van der Waals surface area contributed by atoms with E-state index >= 15 is 0 Å². The van der Waals surface area contributed by atoms with Crippen LogP contribution >= 0.6 is 11.6 Å². The standard InChI is InChI=1S/C14H20ClN3O/c1-10-4-5-13(12(15)7-10)17-14(19)9-18-6-2-3-11(18)8-16/h4-5,7,11H,2-3,6,8-9,16H2,1H3,(H,17,19). The molecule has 5 heteroatoms. The summed E-state index contributed by atoms with van der Waals surface area (Å²) in [6.07, 6.45) is 2.19. The Hall–Kier alpha value is -1.10. The van der Waals surface area contributed by atoms with Crippen molar-refractivity contribution in [2.45, 2.75) is 25.8 Å². The summed E-state index contributed by atoms with van der Waals surface area (Å²) in [5.41, 5.74) is 7.44. The molecule has 4 nitrogen and oxygen atoms in total. The molecule has 0 bridgehead atoms. The second-order valence-electron chi connectivity index (χ2n) is 5.03. The molecule has 19 heavy (non-hydrogen) atoms. The molecule has 3 N–H and O–H groups in total. The lowest BCUT2D eigenvalue weighted by molar-refractivity contribution is -0.117. The van der Waals surface area contributed by atoms with Crippen LogP contribution in [-0.2, 0) is 4.79 Å². The number of hydrogen-bond donors (Lipinski definition) is 2. The molecular weight excluding hydrogens is 262 g/mol. The minimum atomic E-state index is -0.0360. The van der Waals surface area contributed by atoms with E-state index < -0.39 is 0 Å². The van der Waals surface area contributed by atoms with Crippen LogP contribution in [0.3, 0.4) is 0 Å². The molecule has 0 saturated carbocycles. The summed E-state index contributed by atoms with van der Waals surface area (Å²) in [4.78, 5) is 14.2. The van der Waals surface area contributed by atoms with Gasteiger partial charge in [-0.05, 0) is 44.0 Å². The number of likely N-dealkylation sites (tertiary alicyclic amines) is 1. The van der Waals surface area contributed by atoms with Crippen molar-refractivity contribution in [1.29, 1.82) is 0 Å². The van der Waals surface area contributed by atoms with E-state index in [4.69, 9.17) is 17.3 Å². The minimum Gasteiger partial charge on any atom is -0.329 e. The SMILES string of the molecule is Cc1ccc(NC(=O)CN2CCCC2CN)c(Cl)c1. The van der Waals surface area contributed by atoms with Crippen molar-refractivity contribution < 1.29 is 4.79 Å². The molecule has 1 saturated heterocycles. The first-order valence-electron chi connectivity index (χ1n) is 6.60. The number of carbonyl (C=O) groups excluding carboxylic acids is 1. The second-order valence-corrected chi connectivity index (χ2v) is 5.44. The van der Waals surface area contributed by atoms with Crippen molar-refractivity contribution in [2.75, 3.05) is 25.0 Å². The third-order valence-electron chi connectivity index (χ3n) is 3.52. The molecule has 0 spiro atoms. The highest BCUT2D eigenvalue weighted by Gasteiger charge is 2.24. The highest BCUT2D eigenvalue weighted by molar-refractivity contribution is 6.33. The number of rotatable bonds is 4. The number of benzene rings is 1. The average Bonchev–Trinajstić information content (AvgIpc) is 2.80. The fraction of sp³-hybridized carbons (Fsp3) is 0.500. The summed E-state index contributed by atoms with van der Waals surface area (Å²) in [5.74, 6) is -0.0360. The second kappa shape index (κ2) is 6.37. The van der Waals surface area contributed by atoms with Gasteiger partial charge in [0.15, 0.2) is 0 Å². The molecule has 1 aromatic carbocycles. The highest BCUT2D eigenvalue weighted by Crippen LogP contribution is 2.23. The van der Waals surface area contributed by atoms with Gasteiger partial charge >= 0.3 is 0 Å². The van der Waals surface area contributed by atoms with Crippen LogP contribution in [0.5, 0.6) is 0 Å². The molecular formula is C14H20ClN3O. The van der Waals surface area contributed by atoms with Crippen molar-refractivity contribution in [3.63, 3.8) is 0 Å². The molecule has 104 valence electrons. The summed E-state index contributed by atoms with van der Waals surface area (Å²) in [6.45, 7) is 3.90. The molecule has 2 rings (SSSR count). The molecule has 0 aromatic heterocycles. The first kappa shape index (κ1) is 14.3. The summed E-state index contributed by atoms with van der Waals surface area (Å²) in [6, 6.07) is 5.94. The van der Waals surface area contributed by atoms with E-state index in [0.29, 0.717) is 29.8 Å². The van der Waals surface area contributed by atoms with E-state index in [1.54, 1.807) is 0 Å². The number of aryl methyl sites for hydroxylation is 1. The van der Waals surface area contributed by atoms with Gasteiger partial charge in [0.25, 0.3) is 0 Å². The maximum absolute atomic E-state index is 12.0. The average molecular weight is 282 g/mol. The van der Waals surface area contributed by atoms with Crippen LogP contribution in [0.25, 0.3) is 0 Å². The van der Waals surface area contributed by atoms with Gasteiger partial charge in [0.2, 0.25) is 5.91 Å². The molecule has 1 aliphatic heterocycles. The van der Waals surface area contributed by atoms with Crippen molar-refractivity contribution in [2.24, 2.45) is 5.73 Å². The molecule has 1 atom stereocenters. The van der Waals surface area contributed by atoms with Gasteiger partial charge in [-0.15, -0.1) is 0 Å². The molecule has 1 amide bonds. The first-order chi connectivity index (χ1) is 9.10. The smallest absolute Gasteiger partial charge is 0.238 e. The first-order valence-corrected chi connectivity index (χ1v) is 6.98. The van der Waals surface area contributed by atoms with Crippen LogP contribution in [0.1, 0.15) is 18.4 Å². The predicted octanol–water partition coefficient (Wildman–Crippen LogP) is 2.01. The third-order valence-corrected chi connectivity index (χ3v) is 3.83. The molecule has 1 heterocycles. The molecule has 1 unspecified atom stereocenters. The van der Waals surface area contributed by atoms with Gasteiger partial charge in [0, 0.05) is 12.6 Å². The summed E-state index contributed by atoms with van der Waals surface area (Å²) >= 11 is 6.10. The third kappa shape index (κ3) is 3.69. The fourth-order valence-corrected chi connectivity index (χ4v) is 2.75. The van der Waals surface area contributed by atoms with E-state index in [0.717, 1.165) is 24.9 Å². The van der Waals surface area contributed by atoms with Crippen LogP contribution < -0.4 is 11.1 Å². The number of halogens is 1. The van der Waals surface area contributed by atoms with Crippen LogP contribution in [0.2, 0.25) is 5.02 Å². The number of carbonyl (C=O) groups is 1. The Kier molecular flexibility index (Phi) is 4.80. The van der Waals surface area contributed by atoms with Crippen LogP contribution in [0.15, 0.2) is 18.2 Å². The normalized spacial score (nSPS) is 19.6. The lowest BCUT2D eigenvalue weighted by atomic mass is 10.2. The van der Waals surface area contributed by atoms with E-state index in [-0.39, 0.29) is 5.91 Å². The Labute approximate surface area is 118 Å². The largest absolute Gasteiger partial charge is 0.329 e. The Balaban J connectivity index is 1.94. The summed E-state index contributed by atoms with van der Waals surface area (Å²) < 4.78 is 0. The van der Waals surface area contributed by atoms with Gasteiger partial charge in [0.05, 0.1) is 17.3 Å². The van der Waals surface area contributed by atoms with Gasteiger partial charge in [-0.25, -0.2) is 0 Å². The summed E-state index contributed by atoms with van der Waals surface area (Å²) in [7, 11) is 0. The van der Waals surface area contributed by atoms with Crippen molar-refractivity contribution in [3.05, 3.63) is 28.8 Å². The van der Waals surface area contributed by atoms with Crippen molar-refractivity contribution in [1.82, 2.24) is 4.90 Å². The van der Waals surface area contributed by atoms with Gasteiger partial charge in [-0.2, -0.15) is 0 Å². The quantitative estimate of drug-likeness (QED) is 0.888. The lowest BCUT2D eigenvalue weighted by Crippen LogP contribution is -2.40. The van der Waals surface area contributed by atoms with Crippen LogP contribution in [0.4, 0.5) is 5.69 Å². The zero-order valence-corrected chi connectivity index (χ0v) is 11.9. The summed E-state index contributed by atoms with van der Waals surface area (Å²) in [5, 5.41) is 3.43. The van der Waals surface area contributed by atoms with Crippen LogP contribution in [-0.4, -0.2) is 36.5 Å². The van der Waals surface area contributed by atoms with Gasteiger partial charge in [-0.3, -0.25) is 9.69 Å². The van der Waals surface area contributed by atoms with E-state index in [9.17, 15) is 4.79 Å². The number of amides is 1. The molecule has 1 fully saturated rings. The Morgan fingerprint density at radius 1 is 1.58 bits per heavy atom. The molecule has 0 radical (unpaired) electrons. The Morgan fingerprint density at radius 3 is 3.05 bits per heavy atom. The van der Waals surface area contributed by atoms with Gasteiger partial charge in [-0.1, -0.05) is 17.7 Å². The zero-order chi connectivity index (χ0) is 13.8. The van der Waals surface area contributed by atoms with Crippen LogP contribution in [0, 0.1) is 6.92 Å². The lowest BCUT2D eigenvalue weighted by Gasteiger charge is -2.22. The Bertz CT molecular complexity index is 464. The molecule has 0 aliphatic carbocycles. The van der Waals surface area contributed by atoms with Crippen molar-refractivity contribution in [3.8, 4) is 0 Å². The van der Waals surface area contributed by atoms with Gasteiger partial charge < -0.3 is 11.1 Å². The Morgan fingerprint density at radius 2 is 2.37 bits per heavy atom. The minimum absolute atomic E-state index is 0.0360. The fourth-order valence-electron chi connectivity index (χ4n) is 2.47. The number of hydrogen-bond acceptors (Lipinski definition) is 3. The van der Waals surface area contributed by atoms with Gasteiger partial charge in [0.1, 0.15) is 0 Å². The number of nitrogens with zero attached hydrogens (tertiary/aromatic N) is 1. The highest BCUT2D eigenvalue weighted by atomic mass is 35.5. The van der Waals surface area contributed by atoms with Crippen molar-refractivity contribution >= 4 is 23.2 Å². The van der Waals surface area contributed by atoms with E-state index in [1.807, 2.05) is 25.1 Å². The maximum atomic E-state index is 12.0. The van der Waals surface area contributed by atoms with E-state index in [2.05, 4.69) is 10.2 Å². The topological polar surface area (TPSA) is 58.4 Å². The maximum Gasteiger partial charge on any atom is 0.238 e. The number of nitrogens with one attached hydrogen (secondary N) is 1. The number of anilines is 1. The number of nitrogens with two attached hydrogens (primary N) is 1. The van der Waals surface area contributed by atoms with E-state index in [1.165, 1.54) is 0 Å². The molecule has 1 aliphatic rings. The zero-order valence-electron chi connectivity index (χ0n) is 11.2. The monoisotopic (exact) mass is 281 g/mol. The molecule has 1 aromatic rings.